The maximum Gasteiger partial charge on any atom is 0.0787 e. The Morgan fingerprint density at radius 2 is 1.82 bits per heavy atom. The predicted octanol–water partition coefficient (Wildman–Crippen LogP) is 2.63. The predicted molar refractivity (Wildman–Crippen MR) is 48.1 cm³/mol. The van der Waals surface area contributed by atoms with E-state index in [1.165, 1.54) is 19.3 Å². The van der Waals surface area contributed by atoms with Crippen LogP contribution in [0.4, 0.5) is 0 Å². The van der Waals surface area contributed by atoms with Gasteiger partial charge in [-0.3, -0.25) is 0 Å². The number of hydrogen-bond acceptors (Lipinski definition) is 2. The Morgan fingerprint density at radius 3 is 2.27 bits per heavy atom. The number of nitrogens with two attached hydrogens (primary N) is 1. The van der Waals surface area contributed by atoms with Crippen LogP contribution in [0.1, 0.15) is 52.4 Å². The van der Waals surface area contributed by atoms with Crippen LogP contribution < -0.4 is 5.90 Å². The molecule has 2 nitrogen and oxygen atoms in total. The van der Waals surface area contributed by atoms with E-state index >= 15 is 0 Å². The SMILES string of the molecule is CCCCCC(CCC)ON. The van der Waals surface area contributed by atoms with Crippen LogP contribution >= 0.6 is 0 Å². The van der Waals surface area contributed by atoms with Gasteiger partial charge in [0.2, 0.25) is 0 Å². The number of hydrogen-bond donors (Lipinski definition) is 1. The van der Waals surface area contributed by atoms with Crippen LogP contribution in [0.25, 0.3) is 0 Å². The van der Waals surface area contributed by atoms with Crippen LogP contribution in [0, 0.1) is 0 Å². The minimum Gasteiger partial charge on any atom is -0.301 e. The van der Waals surface area contributed by atoms with Crippen molar-refractivity contribution >= 4 is 0 Å². The third-order valence-electron chi connectivity index (χ3n) is 1.93. The quantitative estimate of drug-likeness (QED) is 0.458. The second kappa shape index (κ2) is 8.02. The summed E-state index contributed by atoms with van der Waals surface area (Å²) in [5.41, 5.74) is 0. The highest BCUT2D eigenvalue weighted by Crippen LogP contribution is 2.09. The van der Waals surface area contributed by atoms with Gasteiger partial charge >= 0.3 is 0 Å². The van der Waals surface area contributed by atoms with Crippen LogP contribution in [0.3, 0.4) is 0 Å². The van der Waals surface area contributed by atoms with E-state index in [4.69, 9.17) is 10.7 Å². The van der Waals surface area contributed by atoms with Crippen molar-refractivity contribution in [3.63, 3.8) is 0 Å². The van der Waals surface area contributed by atoms with E-state index in [-0.39, 0.29) is 0 Å². The molecule has 0 aliphatic carbocycles. The Hall–Kier alpha value is -0.0800. The average Bonchev–Trinajstić information content (AvgIpc) is 2.03. The lowest BCUT2D eigenvalue weighted by atomic mass is 10.1. The molecular weight excluding hydrogens is 138 g/mol. The molecule has 0 spiro atoms. The molecule has 0 rings (SSSR count). The van der Waals surface area contributed by atoms with E-state index in [0.717, 1.165) is 19.3 Å². The van der Waals surface area contributed by atoms with Crippen molar-refractivity contribution in [1.82, 2.24) is 0 Å². The second-order valence-corrected chi connectivity index (χ2v) is 3.04. The maximum atomic E-state index is 5.14. The first-order chi connectivity index (χ1) is 5.35. The summed E-state index contributed by atoms with van der Waals surface area (Å²) in [5.74, 6) is 5.14. The van der Waals surface area contributed by atoms with Crippen LogP contribution in [0.2, 0.25) is 0 Å². The van der Waals surface area contributed by atoms with Gasteiger partial charge in [0, 0.05) is 0 Å². The summed E-state index contributed by atoms with van der Waals surface area (Å²) < 4.78 is 0. The lowest BCUT2D eigenvalue weighted by molar-refractivity contribution is 0.0392. The van der Waals surface area contributed by atoms with Gasteiger partial charge in [-0.1, -0.05) is 39.5 Å². The molecule has 0 saturated carbocycles. The molecule has 0 amide bonds. The van der Waals surface area contributed by atoms with Gasteiger partial charge < -0.3 is 4.84 Å². The van der Waals surface area contributed by atoms with Gasteiger partial charge in [-0.15, -0.1) is 0 Å². The first kappa shape index (κ1) is 10.9. The molecule has 2 heteroatoms. The lowest BCUT2D eigenvalue weighted by Gasteiger charge is -2.12. The van der Waals surface area contributed by atoms with Crippen molar-refractivity contribution in [2.24, 2.45) is 5.90 Å². The highest BCUT2D eigenvalue weighted by molar-refractivity contribution is 4.55. The van der Waals surface area contributed by atoms with Crippen molar-refractivity contribution in [3.8, 4) is 0 Å². The molecule has 0 aliphatic heterocycles. The van der Waals surface area contributed by atoms with Crippen LogP contribution in [0.15, 0.2) is 0 Å². The van der Waals surface area contributed by atoms with Crippen molar-refractivity contribution < 1.29 is 4.84 Å². The van der Waals surface area contributed by atoms with Gasteiger partial charge in [-0.05, 0) is 12.8 Å². The Morgan fingerprint density at radius 1 is 1.09 bits per heavy atom. The van der Waals surface area contributed by atoms with Crippen LogP contribution in [0.5, 0.6) is 0 Å². The summed E-state index contributed by atoms with van der Waals surface area (Å²) in [7, 11) is 0. The van der Waals surface area contributed by atoms with E-state index < -0.39 is 0 Å². The van der Waals surface area contributed by atoms with Gasteiger partial charge in [0.05, 0.1) is 6.10 Å². The average molecular weight is 159 g/mol. The van der Waals surface area contributed by atoms with E-state index in [2.05, 4.69) is 13.8 Å². The molecule has 0 fully saturated rings. The fourth-order valence-corrected chi connectivity index (χ4v) is 1.22. The van der Waals surface area contributed by atoms with Crippen molar-refractivity contribution in [1.29, 1.82) is 0 Å². The fraction of sp³-hybridized carbons (Fsp3) is 1.00. The zero-order chi connectivity index (χ0) is 8.53. The first-order valence-corrected chi connectivity index (χ1v) is 4.70. The lowest BCUT2D eigenvalue weighted by Crippen LogP contribution is -2.16. The summed E-state index contributed by atoms with van der Waals surface area (Å²) in [6.45, 7) is 4.37. The molecule has 0 aromatic rings. The molecule has 0 aromatic heterocycles. The largest absolute Gasteiger partial charge is 0.301 e. The van der Waals surface area contributed by atoms with Gasteiger partial charge in [-0.25, -0.2) is 5.90 Å². The molecule has 0 bridgehead atoms. The van der Waals surface area contributed by atoms with Gasteiger partial charge in [0.25, 0.3) is 0 Å². The van der Waals surface area contributed by atoms with E-state index in [1.54, 1.807) is 0 Å². The van der Waals surface area contributed by atoms with Gasteiger partial charge in [0.1, 0.15) is 0 Å². The molecule has 0 aromatic carbocycles. The van der Waals surface area contributed by atoms with Crippen molar-refractivity contribution in [2.45, 2.75) is 58.5 Å². The molecular formula is C9H21NO. The third kappa shape index (κ3) is 6.32. The third-order valence-corrected chi connectivity index (χ3v) is 1.93. The van der Waals surface area contributed by atoms with E-state index in [9.17, 15) is 0 Å². The summed E-state index contributed by atoms with van der Waals surface area (Å²) in [5, 5.41) is 0. The highest BCUT2D eigenvalue weighted by atomic mass is 16.6. The monoisotopic (exact) mass is 159 g/mol. The molecule has 1 atom stereocenters. The van der Waals surface area contributed by atoms with Crippen LogP contribution in [-0.2, 0) is 4.84 Å². The Balaban J connectivity index is 3.20. The molecule has 2 N–H and O–H groups in total. The van der Waals surface area contributed by atoms with Crippen molar-refractivity contribution in [2.75, 3.05) is 0 Å². The summed E-state index contributed by atoms with van der Waals surface area (Å²) in [4.78, 5) is 4.84. The maximum absolute atomic E-state index is 5.14. The topological polar surface area (TPSA) is 35.2 Å². The standard InChI is InChI=1S/C9H21NO/c1-3-5-6-8-9(11-10)7-4-2/h9H,3-8,10H2,1-2H3. The molecule has 1 unspecified atom stereocenters. The molecule has 11 heavy (non-hydrogen) atoms. The normalized spacial score (nSPS) is 13.4. The Labute approximate surface area is 70.1 Å². The van der Waals surface area contributed by atoms with Crippen molar-refractivity contribution in [3.05, 3.63) is 0 Å². The molecule has 0 saturated heterocycles. The number of rotatable bonds is 7. The van der Waals surface area contributed by atoms with E-state index in [1.807, 2.05) is 0 Å². The summed E-state index contributed by atoms with van der Waals surface area (Å²) in [6.07, 6.45) is 7.49. The molecule has 0 radical (unpaired) electrons. The van der Waals surface area contributed by atoms with Gasteiger partial charge in [0.15, 0.2) is 0 Å². The smallest absolute Gasteiger partial charge is 0.0787 e. The molecule has 0 aliphatic rings. The first-order valence-electron chi connectivity index (χ1n) is 4.70. The second-order valence-electron chi connectivity index (χ2n) is 3.04. The Kier molecular flexibility index (Phi) is 7.96. The zero-order valence-corrected chi connectivity index (χ0v) is 7.81. The minimum absolute atomic E-state index is 0.298. The molecule has 0 heterocycles. The summed E-state index contributed by atoms with van der Waals surface area (Å²) in [6, 6.07) is 0. The summed E-state index contributed by atoms with van der Waals surface area (Å²) >= 11 is 0. The zero-order valence-electron chi connectivity index (χ0n) is 7.81. The minimum atomic E-state index is 0.298. The van der Waals surface area contributed by atoms with Gasteiger partial charge in [-0.2, -0.15) is 0 Å². The number of unbranched alkanes of at least 4 members (excludes halogenated alkanes) is 2. The van der Waals surface area contributed by atoms with E-state index in [0.29, 0.717) is 6.10 Å². The molecule has 68 valence electrons. The Bertz CT molecular complexity index is 76.0. The fourth-order valence-electron chi connectivity index (χ4n) is 1.22. The highest BCUT2D eigenvalue weighted by Gasteiger charge is 2.04. The van der Waals surface area contributed by atoms with Crippen LogP contribution in [-0.4, -0.2) is 6.10 Å².